The summed E-state index contributed by atoms with van der Waals surface area (Å²) in [6, 6.07) is 14.7. The van der Waals surface area contributed by atoms with Crippen LogP contribution in [0.2, 0.25) is 5.02 Å². The van der Waals surface area contributed by atoms with Crippen molar-refractivity contribution in [2.45, 2.75) is 102 Å². The Hall–Kier alpha value is -2.90. The summed E-state index contributed by atoms with van der Waals surface area (Å²) in [4.78, 5) is 41.2. The van der Waals surface area contributed by atoms with Crippen LogP contribution in [-0.4, -0.2) is 48.4 Å². The third-order valence-electron chi connectivity index (χ3n) is 8.98. The van der Waals surface area contributed by atoms with E-state index in [0.717, 1.165) is 63.5 Å². The van der Waals surface area contributed by atoms with Crippen molar-refractivity contribution in [3.63, 3.8) is 0 Å². The average molecular weight is 595 g/mol. The van der Waals surface area contributed by atoms with Crippen LogP contribution in [0, 0.1) is 5.92 Å². The lowest BCUT2D eigenvalue weighted by Gasteiger charge is -2.34. The minimum Gasteiger partial charge on any atom is -0.354 e. The number of hydrogen-bond acceptors (Lipinski definition) is 4. The van der Waals surface area contributed by atoms with Crippen LogP contribution >= 0.6 is 11.6 Å². The van der Waals surface area contributed by atoms with Gasteiger partial charge in [0.2, 0.25) is 17.7 Å². The van der Waals surface area contributed by atoms with Gasteiger partial charge in [0.1, 0.15) is 11.6 Å². The summed E-state index contributed by atoms with van der Waals surface area (Å²) in [6.07, 6.45) is 8.56. The first-order chi connectivity index (χ1) is 20.3. The highest BCUT2D eigenvalue weighted by atomic mass is 35.5. The van der Waals surface area contributed by atoms with Crippen molar-refractivity contribution in [3.8, 4) is 0 Å². The molecule has 1 spiro atoms. The van der Waals surface area contributed by atoms with Gasteiger partial charge in [-0.25, -0.2) is 0 Å². The molecule has 2 aliphatic rings. The third kappa shape index (κ3) is 8.57. The molecule has 1 saturated carbocycles. The van der Waals surface area contributed by atoms with Gasteiger partial charge in [-0.05, 0) is 86.2 Å². The molecule has 42 heavy (non-hydrogen) atoms. The van der Waals surface area contributed by atoms with Gasteiger partial charge in [0.15, 0.2) is 0 Å². The van der Waals surface area contributed by atoms with Gasteiger partial charge in [0.05, 0.1) is 6.04 Å². The van der Waals surface area contributed by atoms with E-state index >= 15 is 0 Å². The Balaban J connectivity index is 1.60. The number of aryl methyl sites for hydroxylation is 2. The molecular weight excluding hydrogens is 548 g/mol. The molecule has 0 saturated heterocycles. The van der Waals surface area contributed by atoms with Crippen molar-refractivity contribution in [1.82, 2.24) is 21.3 Å². The maximum atomic E-state index is 14.0. The topological polar surface area (TPSA) is 99.3 Å². The van der Waals surface area contributed by atoms with Crippen LogP contribution in [-0.2, 0) is 33.6 Å². The number of carbonyl (C=O) groups excluding carboxylic acids is 3. The minimum absolute atomic E-state index is 0.106. The zero-order chi connectivity index (χ0) is 30.0. The molecule has 4 N–H and O–H groups in total. The molecule has 8 heteroatoms. The molecule has 1 aliphatic carbocycles. The van der Waals surface area contributed by atoms with Crippen molar-refractivity contribution in [2.24, 2.45) is 5.92 Å². The highest BCUT2D eigenvalue weighted by Gasteiger charge is 2.45. The fourth-order valence-corrected chi connectivity index (χ4v) is 6.46. The second kappa shape index (κ2) is 15.5. The van der Waals surface area contributed by atoms with Crippen LogP contribution in [0.3, 0.4) is 0 Å². The number of halogens is 1. The number of carbonyl (C=O) groups is 3. The molecule has 1 aliphatic heterocycles. The van der Waals surface area contributed by atoms with Crippen LogP contribution in [0.5, 0.6) is 0 Å². The number of rotatable bonds is 4. The normalized spacial score (nSPS) is 23.5. The zero-order valence-corrected chi connectivity index (χ0v) is 25.9. The van der Waals surface area contributed by atoms with E-state index in [4.69, 9.17) is 11.6 Å². The third-order valence-corrected chi connectivity index (χ3v) is 9.21. The Morgan fingerprint density at radius 3 is 2.29 bits per heavy atom. The Morgan fingerprint density at radius 1 is 0.881 bits per heavy atom. The summed E-state index contributed by atoms with van der Waals surface area (Å²) in [5.74, 6) is -0.545. The van der Waals surface area contributed by atoms with Gasteiger partial charge in [-0.2, -0.15) is 0 Å². The monoisotopic (exact) mass is 594 g/mol. The van der Waals surface area contributed by atoms with Crippen LogP contribution < -0.4 is 21.3 Å². The van der Waals surface area contributed by atoms with Gasteiger partial charge in [-0.15, -0.1) is 0 Å². The molecule has 0 unspecified atom stereocenters. The first-order valence-electron chi connectivity index (χ1n) is 15.8. The molecule has 0 aromatic heterocycles. The second-order valence-corrected chi connectivity index (χ2v) is 12.5. The Kier molecular flexibility index (Phi) is 11.8. The maximum absolute atomic E-state index is 14.0. The van der Waals surface area contributed by atoms with Crippen LogP contribution in [0.1, 0.15) is 81.9 Å². The molecule has 4 rings (SSSR count). The van der Waals surface area contributed by atoms with Gasteiger partial charge in [-0.3, -0.25) is 14.4 Å². The predicted octanol–water partition coefficient (Wildman–Crippen LogP) is 4.89. The Bertz CT molecular complexity index is 1210. The van der Waals surface area contributed by atoms with Gasteiger partial charge < -0.3 is 21.3 Å². The maximum Gasteiger partial charge on any atom is 0.246 e. The number of benzene rings is 2. The molecule has 1 heterocycles. The van der Waals surface area contributed by atoms with E-state index in [-0.39, 0.29) is 23.6 Å². The SMILES string of the molecule is CC[C@H](C)[C@@H]1NCCCc2ccccc2CCCCNC(=O)[C@H](Cc2cccc(Cl)c2)NC(=O)C2(CCCC2)NC1=O. The second-order valence-electron chi connectivity index (χ2n) is 12.1. The Morgan fingerprint density at radius 2 is 1.60 bits per heavy atom. The fourth-order valence-electron chi connectivity index (χ4n) is 6.25. The lowest BCUT2D eigenvalue weighted by atomic mass is 9.92. The van der Waals surface area contributed by atoms with Crippen molar-refractivity contribution in [1.29, 1.82) is 0 Å². The molecule has 3 atom stereocenters. The zero-order valence-electron chi connectivity index (χ0n) is 25.1. The Labute approximate surface area is 255 Å². The van der Waals surface area contributed by atoms with Crippen molar-refractivity contribution < 1.29 is 14.4 Å². The molecule has 7 nitrogen and oxygen atoms in total. The summed E-state index contributed by atoms with van der Waals surface area (Å²) in [5.41, 5.74) is 2.52. The summed E-state index contributed by atoms with van der Waals surface area (Å²) in [7, 11) is 0. The summed E-state index contributed by atoms with van der Waals surface area (Å²) in [5, 5.41) is 13.4. The van der Waals surface area contributed by atoms with E-state index in [9.17, 15) is 14.4 Å². The van der Waals surface area contributed by atoms with E-state index in [1.807, 2.05) is 18.2 Å². The van der Waals surface area contributed by atoms with E-state index < -0.39 is 17.6 Å². The number of hydrogen-bond donors (Lipinski definition) is 4. The van der Waals surface area contributed by atoms with E-state index in [2.05, 4.69) is 59.4 Å². The van der Waals surface area contributed by atoms with Crippen molar-refractivity contribution in [3.05, 3.63) is 70.2 Å². The highest BCUT2D eigenvalue weighted by molar-refractivity contribution is 6.30. The molecular formula is C34H47ClN4O3. The average Bonchev–Trinajstić information content (AvgIpc) is 3.46. The number of nitrogens with one attached hydrogen (secondary N) is 4. The first kappa shape index (κ1) is 32.0. The summed E-state index contributed by atoms with van der Waals surface area (Å²) < 4.78 is 0. The molecule has 0 bridgehead atoms. The predicted molar refractivity (Wildman–Crippen MR) is 168 cm³/mol. The van der Waals surface area contributed by atoms with Crippen molar-refractivity contribution in [2.75, 3.05) is 13.1 Å². The van der Waals surface area contributed by atoms with E-state index in [1.165, 1.54) is 11.1 Å². The highest BCUT2D eigenvalue weighted by Crippen LogP contribution is 2.31. The molecule has 3 amide bonds. The molecule has 228 valence electrons. The van der Waals surface area contributed by atoms with Crippen LogP contribution in [0.4, 0.5) is 0 Å². The fraction of sp³-hybridized carbons (Fsp3) is 0.559. The molecule has 0 radical (unpaired) electrons. The van der Waals surface area contributed by atoms with E-state index in [0.29, 0.717) is 30.8 Å². The smallest absolute Gasteiger partial charge is 0.246 e. The van der Waals surface area contributed by atoms with Gasteiger partial charge in [-0.1, -0.05) is 81.1 Å². The lowest BCUT2D eigenvalue weighted by Crippen LogP contribution is -2.63. The van der Waals surface area contributed by atoms with Crippen LogP contribution in [0.15, 0.2) is 48.5 Å². The van der Waals surface area contributed by atoms with E-state index in [1.54, 1.807) is 6.07 Å². The first-order valence-corrected chi connectivity index (χ1v) is 16.1. The largest absolute Gasteiger partial charge is 0.354 e. The van der Waals surface area contributed by atoms with Gasteiger partial charge in [0.25, 0.3) is 0 Å². The molecule has 2 aromatic rings. The standard InChI is InChI=1S/C34H47ClN4O3/c1-3-24(2)30-32(41)39-34(18-7-8-19-34)33(42)38-29(23-25-12-10-17-28(35)22-25)31(40)37-20-9-6-15-26-13-4-5-14-27(26)16-11-21-36-30/h4-5,10,12-14,17,22,24,29-30,36H,3,6-9,11,15-16,18-21,23H2,1-2H3,(H,37,40)(H,38,42)(H,39,41)/t24-,29-,30-/m0/s1. The van der Waals surface area contributed by atoms with Crippen LogP contribution in [0.25, 0.3) is 0 Å². The lowest BCUT2D eigenvalue weighted by molar-refractivity contribution is -0.137. The quantitative estimate of drug-likeness (QED) is 0.405. The number of amides is 3. The van der Waals surface area contributed by atoms with Gasteiger partial charge in [0, 0.05) is 18.0 Å². The summed E-state index contributed by atoms with van der Waals surface area (Å²) in [6.45, 7) is 5.41. The van der Waals surface area contributed by atoms with Gasteiger partial charge >= 0.3 is 0 Å². The molecule has 2 aromatic carbocycles. The van der Waals surface area contributed by atoms with Crippen molar-refractivity contribution >= 4 is 29.3 Å². The minimum atomic E-state index is -1.03. The molecule has 1 fully saturated rings. The summed E-state index contributed by atoms with van der Waals surface area (Å²) >= 11 is 6.23. The number of fused-ring (bicyclic) bond motifs is 1.